The second kappa shape index (κ2) is 7.13. The number of nitrogens with one attached hydrogen (secondary N) is 1. The van der Waals surface area contributed by atoms with Gasteiger partial charge in [-0.15, -0.1) is 0 Å². The molecule has 0 spiro atoms. The average molecular weight is 329 g/mol. The van der Waals surface area contributed by atoms with Crippen molar-refractivity contribution in [1.29, 1.82) is 0 Å². The Morgan fingerprint density at radius 2 is 1.95 bits per heavy atom. The topological polar surface area (TPSA) is 72.2 Å². The third-order valence-electron chi connectivity index (χ3n) is 4.02. The molecule has 2 rings (SSSR count). The van der Waals surface area contributed by atoms with Crippen LogP contribution in [-0.4, -0.2) is 26.0 Å². The Morgan fingerprint density at radius 1 is 1.29 bits per heavy atom. The predicted molar refractivity (Wildman–Crippen MR) is 88.9 cm³/mol. The number of hydrogen-bond donors (Lipinski definition) is 2. The third kappa shape index (κ3) is 4.45. The van der Waals surface area contributed by atoms with Crippen LogP contribution in [0, 0.1) is 0 Å². The average Bonchev–Trinajstić information content (AvgIpc) is 2.48. The van der Waals surface area contributed by atoms with Gasteiger partial charge in [-0.3, -0.25) is 0 Å². The van der Waals surface area contributed by atoms with Gasteiger partial charge in [0, 0.05) is 17.3 Å². The SMILES string of the molecule is CSC1CCC(NS(=O)(=O)c2cccc(C(C)N)c2)CC1. The number of hydrogen-bond acceptors (Lipinski definition) is 4. The van der Waals surface area contributed by atoms with E-state index in [1.54, 1.807) is 18.2 Å². The van der Waals surface area contributed by atoms with Crippen molar-refractivity contribution in [1.82, 2.24) is 4.72 Å². The first-order chi connectivity index (χ1) is 9.92. The van der Waals surface area contributed by atoms with Crippen LogP contribution in [0.2, 0.25) is 0 Å². The minimum Gasteiger partial charge on any atom is -0.324 e. The van der Waals surface area contributed by atoms with Gasteiger partial charge in [0.25, 0.3) is 0 Å². The first-order valence-electron chi connectivity index (χ1n) is 7.33. The first kappa shape index (κ1) is 16.8. The highest BCUT2D eigenvalue weighted by Crippen LogP contribution is 2.28. The Balaban J connectivity index is 2.07. The van der Waals surface area contributed by atoms with Crippen molar-refractivity contribution < 1.29 is 8.42 Å². The molecule has 1 aromatic carbocycles. The molecule has 0 radical (unpaired) electrons. The molecule has 1 fully saturated rings. The molecule has 0 bridgehead atoms. The van der Waals surface area contributed by atoms with E-state index in [2.05, 4.69) is 11.0 Å². The van der Waals surface area contributed by atoms with E-state index >= 15 is 0 Å². The Hall–Kier alpha value is -0.560. The van der Waals surface area contributed by atoms with E-state index in [0.29, 0.717) is 10.1 Å². The van der Waals surface area contributed by atoms with Crippen molar-refractivity contribution in [3.05, 3.63) is 29.8 Å². The summed E-state index contributed by atoms with van der Waals surface area (Å²) >= 11 is 1.88. The highest BCUT2D eigenvalue weighted by Gasteiger charge is 2.25. The number of thioether (sulfide) groups is 1. The minimum atomic E-state index is -3.45. The Morgan fingerprint density at radius 3 is 2.52 bits per heavy atom. The normalized spacial score (nSPS) is 24.7. The molecule has 0 saturated heterocycles. The summed E-state index contributed by atoms with van der Waals surface area (Å²) in [6, 6.07) is 6.78. The highest BCUT2D eigenvalue weighted by atomic mass is 32.2. The zero-order chi connectivity index (χ0) is 15.5. The lowest BCUT2D eigenvalue weighted by atomic mass is 9.96. The maximum Gasteiger partial charge on any atom is 0.240 e. The molecule has 0 heterocycles. The zero-order valence-electron chi connectivity index (χ0n) is 12.6. The van der Waals surface area contributed by atoms with Crippen LogP contribution < -0.4 is 10.5 Å². The van der Waals surface area contributed by atoms with Gasteiger partial charge < -0.3 is 5.73 Å². The second-order valence-corrected chi connectivity index (χ2v) is 8.54. The molecule has 1 aromatic rings. The van der Waals surface area contributed by atoms with Crippen LogP contribution in [0.1, 0.15) is 44.2 Å². The summed E-state index contributed by atoms with van der Waals surface area (Å²) < 4.78 is 27.8. The number of rotatable bonds is 5. The molecule has 0 aliphatic heterocycles. The van der Waals surface area contributed by atoms with Gasteiger partial charge in [-0.05, 0) is 56.6 Å². The monoisotopic (exact) mass is 328 g/mol. The molecule has 1 atom stereocenters. The van der Waals surface area contributed by atoms with Gasteiger partial charge >= 0.3 is 0 Å². The molecule has 1 aliphatic carbocycles. The molecule has 0 aromatic heterocycles. The fourth-order valence-corrected chi connectivity index (χ4v) is 4.77. The molecule has 4 nitrogen and oxygen atoms in total. The van der Waals surface area contributed by atoms with E-state index in [1.165, 1.54) is 0 Å². The van der Waals surface area contributed by atoms with Crippen molar-refractivity contribution in [2.75, 3.05) is 6.26 Å². The number of nitrogens with two attached hydrogens (primary N) is 1. The standard InChI is InChI=1S/C15H24N2O2S2/c1-11(16)12-4-3-5-15(10-12)21(18,19)17-13-6-8-14(20-2)9-7-13/h3-5,10-11,13-14,17H,6-9,16H2,1-2H3. The quantitative estimate of drug-likeness (QED) is 0.871. The highest BCUT2D eigenvalue weighted by molar-refractivity contribution is 7.99. The lowest BCUT2D eigenvalue weighted by Gasteiger charge is -2.27. The van der Waals surface area contributed by atoms with E-state index in [0.717, 1.165) is 31.2 Å². The predicted octanol–water partition coefficient (Wildman–Crippen LogP) is 2.66. The molecule has 0 amide bonds. The maximum atomic E-state index is 12.5. The molecule has 1 unspecified atom stereocenters. The van der Waals surface area contributed by atoms with Gasteiger partial charge in [-0.25, -0.2) is 13.1 Å². The van der Waals surface area contributed by atoms with Crippen LogP contribution in [0.5, 0.6) is 0 Å². The van der Waals surface area contributed by atoms with Crippen molar-refractivity contribution >= 4 is 21.8 Å². The maximum absolute atomic E-state index is 12.5. The van der Waals surface area contributed by atoms with Crippen molar-refractivity contribution in [3.8, 4) is 0 Å². The molecule has 1 saturated carbocycles. The van der Waals surface area contributed by atoms with E-state index < -0.39 is 10.0 Å². The lowest BCUT2D eigenvalue weighted by Crippen LogP contribution is -2.38. The van der Waals surface area contributed by atoms with E-state index in [1.807, 2.05) is 24.8 Å². The number of benzene rings is 1. The molecular formula is C15H24N2O2S2. The Bertz CT molecular complexity index is 565. The summed E-state index contributed by atoms with van der Waals surface area (Å²) in [6.07, 6.45) is 6.10. The summed E-state index contributed by atoms with van der Waals surface area (Å²) in [7, 11) is -3.45. The summed E-state index contributed by atoms with van der Waals surface area (Å²) in [5.41, 5.74) is 6.66. The molecule has 1 aliphatic rings. The van der Waals surface area contributed by atoms with E-state index in [9.17, 15) is 8.42 Å². The summed E-state index contributed by atoms with van der Waals surface area (Å²) in [5.74, 6) is 0. The van der Waals surface area contributed by atoms with Gasteiger partial charge in [-0.2, -0.15) is 11.8 Å². The van der Waals surface area contributed by atoms with Crippen LogP contribution in [0.4, 0.5) is 0 Å². The second-order valence-electron chi connectivity index (χ2n) is 5.69. The number of sulfonamides is 1. The molecular weight excluding hydrogens is 304 g/mol. The summed E-state index contributed by atoms with van der Waals surface area (Å²) in [4.78, 5) is 0.310. The minimum absolute atomic E-state index is 0.0531. The fourth-order valence-electron chi connectivity index (χ4n) is 2.67. The molecule has 21 heavy (non-hydrogen) atoms. The first-order valence-corrected chi connectivity index (χ1v) is 10.1. The van der Waals surface area contributed by atoms with E-state index in [4.69, 9.17) is 5.73 Å². The van der Waals surface area contributed by atoms with Crippen LogP contribution in [0.25, 0.3) is 0 Å². The van der Waals surface area contributed by atoms with Gasteiger partial charge in [0.2, 0.25) is 10.0 Å². The summed E-state index contributed by atoms with van der Waals surface area (Å²) in [5, 5.41) is 0.673. The van der Waals surface area contributed by atoms with Crippen molar-refractivity contribution in [2.24, 2.45) is 5.73 Å². The van der Waals surface area contributed by atoms with Crippen LogP contribution in [0.15, 0.2) is 29.2 Å². The van der Waals surface area contributed by atoms with Crippen molar-refractivity contribution in [2.45, 2.75) is 54.8 Å². The Labute approximate surface area is 131 Å². The van der Waals surface area contributed by atoms with Crippen LogP contribution in [0.3, 0.4) is 0 Å². The largest absolute Gasteiger partial charge is 0.324 e. The van der Waals surface area contributed by atoms with Gasteiger partial charge in [0.15, 0.2) is 0 Å². The van der Waals surface area contributed by atoms with Gasteiger partial charge in [0.05, 0.1) is 4.90 Å². The fraction of sp³-hybridized carbons (Fsp3) is 0.600. The van der Waals surface area contributed by atoms with Crippen LogP contribution >= 0.6 is 11.8 Å². The van der Waals surface area contributed by atoms with E-state index in [-0.39, 0.29) is 12.1 Å². The smallest absolute Gasteiger partial charge is 0.240 e. The van der Waals surface area contributed by atoms with Crippen LogP contribution in [-0.2, 0) is 10.0 Å². The molecule has 6 heteroatoms. The third-order valence-corrected chi connectivity index (χ3v) is 6.68. The zero-order valence-corrected chi connectivity index (χ0v) is 14.2. The molecule has 3 N–H and O–H groups in total. The van der Waals surface area contributed by atoms with Gasteiger partial charge in [0.1, 0.15) is 0 Å². The lowest BCUT2D eigenvalue weighted by molar-refractivity contribution is 0.420. The van der Waals surface area contributed by atoms with Crippen molar-refractivity contribution in [3.63, 3.8) is 0 Å². The molecule has 118 valence electrons. The Kier molecular flexibility index (Phi) is 5.71. The summed E-state index contributed by atoms with van der Waals surface area (Å²) in [6.45, 7) is 1.85. The van der Waals surface area contributed by atoms with Gasteiger partial charge in [-0.1, -0.05) is 12.1 Å².